The quantitative estimate of drug-likeness (QED) is 0.675. The first kappa shape index (κ1) is 22.7. The van der Waals surface area contributed by atoms with Crippen molar-refractivity contribution in [1.29, 1.82) is 0 Å². The van der Waals surface area contributed by atoms with Crippen LogP contribution in [-0.2, 0) is 24.8 Å². The van der Waals surface area contributed by atoms with Gasteiger partial charge >= 0.3 is 0 Å². The van der Waals surface area contributed by atoms with E-state index in [2.05, 4.69) is 4.72 Å². The Morgan fingerprint density at radius 1 is 0.812 bits per heavy atom. The van der Waals surface area contributed by atoms with Crippen LogP contribution in [0, 0.1) is 0 Å². The zero-order valence-electron chi connectivity index (χ0n) is 17.4. The van der Waals surface area contributed by atoms with E-state index in [-0.39, 0.29) is 26.9 Å². The predicted octanol–water partition coefficient (Wildman–Crippen LogP) is 1.74. The maximum Gasteiger partial charge on any atom is 0.261 e. The van der Waals surface area contributed by atoms with Gasteiger partial charge in [0.15, 0.2) is 0 Å². The first-order valence-corrected chi connectivity index (χ1v) is 13.3. The molecule has 2 aromatic carbocycles. The second-order valence-corrected chi connectivity index (χ2v) is 11.3. The maximum atomic E-state index is 13.0. The number of morpholine rings is 1. The highest BCUT2D eigenvalue weighted by Gasteiger charge is 2.28. The number of benzene rings is 2. The van der Waals surface area contributed by atoms with Gasteiger partial charge in [0, 0.05) is 26.2 Å². The summed E-state index contributed by atoms with van der Waals surface area (Å²) in [7, 11) is -7.67. The smallest absolute Gasteiger partial charge is 0.261 e. The molecular weight excluding hydrogens is 454 g/mol. The number of hydrogen-bond donors (Lipinski definition) is 1. The fraction of sp³-hybridized carbons (Fsp3) is 0.381. The molecule has 0 spiro atoms. The Labute approximate surface area is 188 Å². The minimum Gasteiger partial charge on any atom is -0.378 e. The molecule has 9 nitrogen and oxygen atoms in total. The van der Waals surface area contributed by atoms with Gasteiger partial charge in [0.05, 0.1) is 34.3 Å². The summed E-state index contributed by atoms with van der Waals surface area (Å²) in [5, 5.41) is 0. The van der Waals surface area contributed by atoms with Crippen molar-refractivity contribution in [2.75, 3.05) is 44.1 Å². The molecule has 1 N–H and O–H groups in total. The van der Waals surface area contributed by atoms with Gasteiger partial charge in [-0.2, -0.15) is 4.31 Å². The van der Waals surface area contributed by atoms with E-state index >= 15 is 0 Å². The summed E-state index contributed by atoms with van der Waals surface area (Å²) < 4.78 is 60.4. The minimum atomic E-state index is -4.04. The van der Waals surface area contributed by atoms with Crippen LogP contribution in [0.25, 0.3) is 0 Å². The minimum absolute atomic E-state index is 0.0567. The van der Waals surface area contributed by atoms with Gasteiger partial charge in [0.1, 0.15) is 0 Å². The molecule has 2 aliphatic rings. The lowest BCUT2D eigenvalue weighted by Crippen LogP contribution is -2.41. The standard InChI is InChI=1S/C21H25N3O6S2/c25-21(23-13-15-30-16-14-23)19-5-1-2-6-20(19)22-31(26,27)17-7-9-18(10-8-17)32(28,29)24-11-3-4-12-24/h1-2,5-10,22H,3-4,11-16H2. The van der Waals surface area contributed by atoms with Crippen LogP contribution in [0.1, 0.15) is 23.2 Å². The lowest BCUT2D eigenvalue weighted by atomic mass is 10.1. The molecule has 0 radical (unpaired) electrons. The molecule has 0 bridgehead atoms. The predicted molar refractivity (Wildman–Crippen MR) is 118 cm³/mol. The van der Waals surface area contributed by atoms with E-state index < -0.39 is 20.0 Å². The lowest BCUT2D eigenvalue weighted by molar-refractivity contribution is 0.0303. The van der Waals surface area contributed by atoms with Gasteiger partial charge in [-0.3, -0.25) is 9.52 Å². The monoisotopic (exact) mass is 479 g/mol. The number of nitrogens with zero attached hydrogens (tertiary/aromatic N) is 2. The summed E-state index contributed by atoms with van der Waals surface area (Å²) in [6, 6.07) is 11.5. The topological polar surface area (TPSA) is 113 Å². The highest BCUT2D eigenvalue weighted by atomic mass is 32.2. The molecule has 2 heterocycles. The van der Waals surface area contributed by atoms with E-state index in [1.807, 2.05) is 0 Å². The Hall–Kier alpha value is -2.47. The Bertz CT molecular complexity index is 1180. The van der Waals surface area contributed by atoms with Crippen molar-refractivity contribution in [3.63, 3.8) is 0 Å². The van der Waals surface area contributed by atoms with Crippen molar-refractivity contribution in [2.45, 2.75) is 22.6 Å². The molecule has 11 heteroatoms. The SMILES string of the molecule is O=C(c1ccccc1NS(=O)(=O)c1ccc(S(=O)(=O)N2CCCC2)cc1)N1CCOCC1. The van der Waals surface area contributed by atoms with Crippen LogP contribution in [0.3, 0.4) is 0 Å². The van der Waals surface area contributed by atoms with Crippen LogP contribution in [0.5, 0.6) is 0 Å². The normalized spacial score (nSPS) is 17.9. The van der Waals surface area contributed by atoms with Crippen LogP contribution < -0.4 is 4.72 Å². The van der Waals surface area contributed by atoms with Crippen LogP contribution in [0.4, 0.5) is 5.69 Å². The number of hydrogen-bond acceptors (Lipinski definition) is 6. The van der Waals surface area contributed by atoms with Gasteiger partial charge in [-0.25, -0.2) is 16.8 Å². The van der Waals surface area contributed by atoms with E-state index in [1.165, 1.54) is 34.6 Å². The van der Waals surface area contributed by atoms with Crippen molar-refractivity contribution >= 4 is 31.6 Å². The number of amides is 1. The second-order valence-electron chi connectivity index (χ2n) is 7.64. The second kappa shape index (κ2) is 9.18. The summed E-state index contributed by atoms with van der Waals surface area (Å²) in [4.78, 5) is 14.5. The van der Waals surface area contributed by atoms with E-state index in [0.29, 0.717) is 39.4 Å². The summed E-state index contributed by atoms with van der Waals surface area (Å²) in [5.74, 6) is -0.279. The van der Waals surface area contributed by atoms with Crippen molar-refractivity contribution in [3.8, 4) is 0 Å². The van der Waals surface area contributed by atoms with Gasteiger partial charge in [0.25, 0.3) is 15.9 Å². The molecular formula is C21H25N3O6S2. The number of carbonyl (C=O) groups is 1. The van der Waals surface area contributed by atoms with Gasteiger partial charge in [-0.15, -0.1) is 0 Å². The molecule has 0 atom stereocenters. The van der Waals surface area contributed by atoms with Gasteiger partial charge in [-0.05, 0) is 49.2 Å². The van der Waals surface area contributed by atoms with Crippen LogP contribution in [0.2, 0.25) is 0 Å². The van der Waals surface area contributed by atoms with Crippen molar-refractivity contribution in [2.24, 2.45) is 0 Å². The molecule has 2 aliphatic heterocycles. The number of sulfonamides is 2. The van der Waals surface area contributed by atoms with E-state index in [9.17, 15) is 21.6 Å². The Morgan fingerprint density at radius 2 is 1.41 bits per heavy atom. The summed E-state index contributed by atoms with van der Waals surface area (Å²) >= 11 is 0. The molecule has 1 amide bonds. The van der Waals surface area contributed by atoms with Crippen molar-refractivity contribution in [1.82, 2.24) is 9.21 Å². The van der Waals surface area contributed by atoms with Crippen LogP contribution in [-0.4, -0.2) is 71.3 Å². The van der Waals surface area contributed by atoms with Gasteiger partial charge in [0.2, 0.25) is 10.0 Å². The highest BCUT2D eigenvalue weighted by molar-refractivity contribution is 7.92. The van der Waals surface area contributed by atoms with E-state index in [0.717, 1.165) is 12.8 Å². The molecule has 0 unspecified atom stereocenters. The summed E-state index contributed by atoms with van der Waals surface area (Å²) in [6.45, 7) is 2.69. The third kappa shape index (κ3) is 4.65. The zero-order chi connectivity index (χ0) is 22.8. The molecule has 0 saturated carbocycles. The van der Waals surface area contributed by atoms with Crippen LogP contribution in [0.15, 0.2) is 58.3 Å². The molecule has 172 valence electrons. The Morgan fingerprint density at radius 3 is 2.06 bits per heavy atom. The van der Waals surface area contributed by atoms with E-state index in [1.54, 1.807) is 23.1 Å². The number of anilines is 1. The van der Waals surface area contributed by atoms with Crippen molar-refractivity contribution in [3.05, 3.63) is 54.1 Å². The van der Waals surface area contributed by atoms with Gasteiger partial charge < -0.3 is 9.64 Å². The van der Waals surface area contributed by atoms with Crippen LogP contribution >= 0.6 is 0 Å². The fourth-order valence-electron chi connectivity index (χ4n) is 3.77. The number of nitrogens with one attached hydrogen (secondary N) is 1. The van der Waals surface area contributed by atoms with Gasteiger partial charge in [-0.1, -0.05) is 12.1 Å². The molecule has 2 aromatic rings. The molecule has 0 aliphatic carbocycles. The first-order chi connectivity index (χ1) is 15.3. The molecule has 2 saturated heterocycles. The molecule has 2 fully saturated rings. The third-order valence-electron chi connectivity index (χ3n) is 5.54. The highest BCUT2D eigenvalue weighted by Crippen LogP contribution is 2.25. The number of carbonyl (C=O) groups excluding carboxylic acids is 1. The summed E-state index contributed by atoms with van der Waals surface area (Å²) in [6.07, 6.45) is 1.64. The number of rotatable bonds is 6. The Balaban J connectivity index is 1.56. The first-order valence-electron chi connectivity index (χ1n) is 10.4. The molecule has 0 aromatic heterocycles. The third-order valence-corrected chi connectivity index (χ3v) is 8.83. The fourth-order valence-corrected chi connectivity index (χ4v) is 6.36. The largest absolute Gasteiger partial charge is 0.378 e. The maximum absolute atomic E-state index is 13.0. The van der Waals surface area contributed by atoms with Crippen molar-refractivity contribution < 1.29 is 26.4 Å². The number of para-hydroxylation sites is 1. The zero-order valence-corrected chi connectivity index (χ0v) is 19.1. The Kier molecular flexibility index (Phi) is 6.52. The molecule has 4 rings (SSSR count). The average molecular weight is 480 g/mol. The lowest BCUT2D eigenvalue weighted by Gasteiger charge is -2.27. The molecule has 32 heavy (non-hydrogen) atoms. The average Bonchev–Trinajstić information content (AvgIpc) is 3.35. The van der Waals surface area contributed by atoms with E-state index in [4.69, 9.17) is 4.74 Å². The number of ether oxygens (including phenoxy) is 1. The summed E-state index contributed by atoms with van der Waals surface area (Å²) in [5.41, 5.74) is 0.406.